The Kier molecular flexibility index (Phi) is 5.60. The molecule has 1 fully saturated rings. The molecule has 1 rings (SSSR count). The highest BCUT2D eigenvalue weighted by Crippen LogP contribution is 2.18. The van der Waals surface area contributed by atoms with Crippen molar-refractivity contribution in [1.82, 2.24) is 9.80 Å². The molecule has 0 aromatic carbocycles. The van der Waals surface area contributed by atoms with Crippen LogP contribution >= 0.6 is 0 Å². The minimum absolute atomic E-state index is 0.0288. The Balaban J connectivity index is 2.60. The molecule has 1 heterocycles. The first-order chi connectivity index (χ1) is 8.41. The molecule has 0 saturated carbocycles. The molecule has 4 heteroatoms. The molecule has 0 bridgehead atoms. The van der Waals surface area contributed by atoms with E-state index in [0.717, 1.165) is 39.0 Å². The van der Waals surface area contributed by atoms with Crippen molar-refractivity contribution in [3.8, 4) is 0 Å². The second-order valence-electron chi connectivity index (χ2n) is 6.14. The van der Waals surface area contributed by atoms with Gasteiger partial charge in [-0.05, 0) is 38.3 Å². The van der Waals surface area contributed by atoms with Gasteiger partial charge in [0.25, 0.3) is 0 Å². The molecule has 18 heavy (non-hydrogen) atoms. The summed E-state index contributed by atoms with van der Waals surface area (Å²) in [5.74, 6) is 0.280. The number of carbonyl (C=O) groups is 1. The molecule has 0 aromatic heterocycles. The van der Waals surface area contributed by atoms with Crippen molar-refractivity contribution in [2.45, 2.75) is 46.6 Å². The first-order valence-corrected chi connectivity index (χ1v) is 7.14. The highest BCUT2D eigenvalue weighted by atomic mass is 16.2. The van der Waals surface area contributed by atoms with Crippen LogP contribution in [0.5, 0.6) is 0 Å². The highest BCUT2D eigenvalue weighted by molar-refractivity contribution is 5.81. The Hall–Kier alpha value is -0.610. The zero-order valence-corrected chi connectivity index (χ0v) is 12.4. The number of hydrogen-bond donors (Lipinski definition) is 1. The zero-order valence-electron chi connectivity index (χ0n) is 12.4. The number of rotatable bonds is 6. The normalized spacial score (nSPS) is 18.4. The van der Waals surface area contributed by atoms with Crippen molar-refractivity contribution in [2.75, 3.05) is 32.7 Å². The van der Waals surface area contributed by atoms with Crippen molar-refractivity contribution < 1.29 is 4.79 Å². The van der Waals surface area contributed by atoms with Crippen LogP contribution in [0.15, 0.2) is 0 Å². The molecule has 1 unspecified atom stereocenters. The smallest absolute Gasteiger partial charge is 0.239 e. The Bertz CT molecular complexity index is 272. The van der Waals surface area contributed by atoms with E-state index in [-0.39, 0.29) is 17.4 Å². The summed E-state index contributed by atoms with van der Waals surface area (Å²) < 4.78 is 0. The Morgan fingerprint density at radius 3 is 2.39 bits per heavy atom. The van der Waals surface area contributed by atoms with Gasteiger partial charge in [0.15, 0.2) is 0 Å². The number of amides is 1. The maximum atomic E-state index is 12.4. The zero-order chi connectivity index (χ0) is 13.8. The van der Waals surface area contributed by atoms with Gasteiger partial charge in [0.05, 0.1) is 6.04 Å². The largest absolute Gasteiger partial charge is 0.341 e. The Morgan fingerprint density at radius 2 is 1.94 bits per heavy atom. The van der Waals surface area contributed by atoms with Gasteiger partial charge in [0.2, 0.25) is 5.91 Å². The predicted molar refractivity (Wildman–Crippen MR) is 75.4 cm³/mol. The molecule has 1 atom stereocenters. The quantitative estimate of drug-likeness (QED) is 0.778. The second kappa shape index (κ2) is 6.53. The summed E-state index contributed by atoms with van der Waals surface area (Å²) >= 11 is 0. The van der Waals surface area contributed by atoms with E-state index >= 15 is 0 Å². The molecule has 1 saturated heterocycles. The van der Waals surface area contributed by atoms with Gasteiger partial charge in [-0.2, -0.15) is 0 Å². The van der Waals surface area contributed by atoms with Crippen LogP contribution < -0.4 is 5.73 Å². The van der Waals surface area contributed by atoms with Gasteiger partial charge in [-0.3, -0.25) is 9.69 Å². The predicted octanol–water partition coefficient (Wildman–Crippen LogP) is 1.30. The fourth-order valence-electron chi connectivity index (χ4n) is 2.49. The summed E-state index contributed by atoms with van der Waals surface area (Å²) in [5.41, 5.74) is 5.85. The lowest BCUT2D eigenvalue weighted by Crippen LogP contribution is -2.50. The topological polar surface area (TPSA) is 49.6 Å². The third kappa shape index (κ3) is 3.95. The molecule has 106 valence electrons. The number of nitrogens with zero attached hydrogens (tertiary/aromatic N) is 2. The van der Waals surface area contributed by atoms with Crippen LogP contribution in [0.4, 0.5) is 0 Å². The molecule has 0 aromatic rings. The molecule has 0 radical (unpaired) electrons. The van der Waals surface area contributed by atoms with E-state index in [2.05, 4.69) is 25.7 Å². The highest BCUT2D eigenvalue weighted by Gasteiger charge is 2.29. The molecule has 0 spiro atoms. The van der Waals surface area contributed by atoms with Crippen molar-refractivity contribution in [3.63, 3.8) is 0 Å². The van der Waals surface area contributed by atoms with Gasteiger partial charge in [-0.15, -0.1) is 0 Å². The maximum absolute atomic E-state index is 12.4. The molecule has 4 nitrogen and oxygen atoms in total. The Morgan fingerprint density at radius 1 is 1.39 bits per heavy atom. The van der Waals surface area contributed by atoms with Gasteiger partial charge in [-0.25, -0.2) is 0 Å². The van der Waals surface area contributed by atoms with Gasteiger partial charge < -0.3 is 10.6 Å². The maximum Gasteiger partial charge on any atom is 0.239 e. The number of likely N-dealkylation sites (N-methyl/N-ethyl adjacent to an activating group) is 1. The average molecular weight is 255 g/mol. The van der Waals surface area contributed by atoms with Gasteiger partial charge in [0, 0.05) is 19.6 Å². The SMILES string of the molecule is CCN(CC(C)(C)CN)C(C)C(=O)N1CCCC1. The third-order valence-corrected chi connectivity index (χ3v) is 3.91. The van der Waals surface area contributed by atoms with E-state index in [1.54, 1.807) is 0 Å². The van der Waals surface area contributed by atoms with Crippen LogP contribution in [0.3, 0.4) is 0 Å². The number of nitrogens with two attached hydrogens (primary N) is 1. The average Bonchev–Trinajstić information content (AvgIpc) is 2.88. The molecule has 2 N–H and O–H groups in total. The van der Waals surface area contributed by atoms with E-state index in [4.69, 9.17) is 5.73 Å². The van der Waals surface area contributed by atoms with E-state index in [1.165, 1.54) is 0 Å². The third-order valence-electron chi connectivity index (χ3n) is 3.91. The second-order valence-corrected chi connectivity index (χ2v) is 6.14. The summed E-state index contributed by atoms with van der Waals surface area (Å²) in [6.45, 7) is 12.7. The minimum atomic E-state index is -0.0288. The lowest BCUT2D eigenvalue weighted by molar-refractivity contribution is -0.135. The van der Waals surface area contributed by atoms with Crippen molar-refractivity contribution >= 4 is 5.91 Å². The molecule has 1 aliphatic heterocycles. The van der Waals surface area contributed by atoms with Crippen molar-refractivity contribution in [3.05, 3.63) is 0 Å². The van der Waals surface area contributed by atoms with Crippen LogP contribution in [0, 0.1) is 5.41 Å². The summed E-state index contributed by atoms with van der Waals surface area (Å²) in [5, 5.41) is 0. The number of hydrogen-bond acceptors (Lipinski definition) is 3. The van der Waals surface area contributed by atoms with Crippen molar-refractivity contribution in [2.24, 2.45) is 11.1 Å². The van der Waals surface area contributed by atoms with Crippen LogP contribution in [-0.4, -0.2) is 54.5 Å². The molecule has 1 amide bonds. The van der Waals surface area contributed by atoms with Crippen molar-refractivity contribution in [1.29, 1.82) is 0 Å². The fourth-order valence-corrected chi connectivity index (χ4v) is 2.49. The summed E-state index contributed by atoms with van der Waals surface area (Å²) in [7, 11) is 0. The van der Waals surface area contributed by atoms with Gasteiger partial charge in [0.1, 0.15) is 0 Å². The van der Waals surface area contributed by atoms with Crippen LogP contribution in [0.2, 0.25) is 0 Å². The minimum Gasteiger partial charge on any atom is -0.341 e. The lowest BCUT2D eigenvalue weighted by atomic mass is 9.92. The fraction of sp³-hybridized carbons (Fsp3) is 0.929. The standard InChI is InChI=1S/C14H29N3O/c1-5-16(11-14(3,4)10-15)12(2)13(18)17-8-6-7-9-17/h12H,5-11,15H2,1-4H3. The summed E-state index contributed by atoms with van der Waals surface area (Å²) in [6.07, 6.45) is 2.30. The Labute approximate surface area is 111 Å². The number of likely N-dealkylation sites (tertiary alicyclic amines) is 1. The summed E-state index contributed by atoms with van der Waals surface area (Å²) in [6, 6.07) is -0.0288. The van der Waals surface area contributed by atoms with Crippen LogP contribution in [0.25, 0.3) is 0 Å². The lowest BCUT2D eigenvalue weighted by Gasteiger charge is -2.35. The molecular weight excluding hydrogens is 226 g/mol. The first kappa shape index (κ1) is 15.4. The number of carbonyl (C=O) groups excluding carboxylic acids is 1. The molecule has 0 aliphatic carbocycles. The first-order valence-electron chi connectivity index (χ1n) is 7.14. The van der Waals surface area contributed by atoms with E-state index in [1.807, 2.05) is 11.8 Å². The molecule has 1 aliphatic rings. The summed E-state index contributed by atoms with van der Waals surface area (Å²) in [4.78, 5) is 16.6. The van der Waals surface area contributed by atoms with Gasteiger partial charge >= 0.3 is 0 Å². The van der Waals surface area contributed by atoms with E-state index < -0.39 is 0 Å². The van der Waals surface area contributed by atoms with E-state index in [9.17, 15) is 4.79 Å². The monoisotopic (exact) mass is 255 g/mol. The van der Waals surface area contributed by atoms with E-state index in [0.29, 0.717) is 6.54 Å². The van der Waals surface area contributed by atoms with Crippen LogP contribution in [0.1, 0.15) is 40.5 Å². The van der Waals surface area contributed by atoms with Crippen LogP contribution in [-0.2, 0) is 4.79 Å². The molecular formula is C14H29N3O. The van der Waals surface area contributed by atoms with Gasteiger partial charge in [-0.1, -0.05) is 20.8 Å².